The standard InChI is InChI=1S/C19H25N5O4S/c20-11-18(27)21-14-8-6-5-7-13(14)15-12-29-19(22-15)23-16(25)9-3-1-2-4-10-17(26)24-28/h5-8,12,28H,1-4,9-11,20H2,(H,21,27)(H,24,26)(H,22,23,25). The number of hydroxylamine groups is 1. The normalized spacial score (nSPS) is 10.4. The highest BCUT2D eigenvalue weighted by Crippen LogP contribution is 2.30. The van der Waals surface area contributed by atoms with E-state index in [4.69, 9.17) is 10.9 Å². The van der Waals surface area contributed by atoms with E-state index in [1.165, 1.54) is 11.3 Å². The Hall–Kier alpha value is -2.82. The molecule has 6 N–H and O–H groups in total. The first-order valence-corrected chi connectivity index (χ1v) is 10.2. The van der Waals surface area contributed by atoms with Gasteiger partial charge in [0.1, 0.15) is 0 Å². The number of carbonyl (C=O) groups excluding carboxylic acids is 3. The summed E-state index contributed by atoms with van der Waals surface area (Å²) in [5.41, 5.74) is 8.96. The summed E-state index contributed by atoms with van der Waals surface area (Å²) in [5, 5.41) is 16.2. The van der Waals surface area contributed by atoms with Gasteiger partial charge in [-0.15, -0.1) is 11.3 Å². The highest BCUT2D eigenvalue weighted by atomic mass is 32.1. The molecule has 1 aromatic carbocycles. The molecule has 2 rings (SSSR count). The Morgan fingerprint density at radius 1 is 0.966 bits per heavy atom. The average molecular weight is 420 g/mol. The maximum absolute atomic E-state index is 12.1. The fourth-order valence-corrected chi connectivity index (χ4v) is 3.36. The first kappa shape index (κ1) is 22.5. The summed E-state index contributed by atoms with van der Waals surface area (Å²) in [6, 6.07) is 7.25. The van der Waals surface area contributed by atoms with Crippen molar-refractivity contribution in [1.29, 1.82) is 0 Å². The summed E-state index contributed by atoms with van der Waals surface area (Å²) in [7, 11) is 0. The summed E-state index contributed by atoms with van der Waals surface area (Å²) in [4.78, 5) is 39.0. The van der Waals surface area contributed by atoms with Crippen molar-refractivity contribution in [2.45, 2.75) is 38.5 Å². The lowest BCUT2D eigenvalue weighted by Crippen LogP contribution is -2.22. The van der Waals surface area contributed by atoms with Gasteiger partial charge in [-0.25, -0.2) is 10.5 Å². The van der Waals surface area contributed by atoms with Gasteiger partial charge in [0, 0.05) is 23.8 Å². The zero-order chi connectivity index (χ0) is 21.1. The van der Waals surface area contributed by atoms with E-state index in [0.717, 1.165) is 18.4 Å². The third-order valence-corrected chi connectivity index (χ3v) is 4.85. The van der Waals surface area contributed by atoms with Gasteiger partial charge < -0.3 is 16.4 Å². The molecule has 0 atom stereocenters. The Labute approximate surface area is 172 Å². The van der Waals surface area contributed by atoms with Crippen molar-refractivity contribution in [2.24, 2.45) is 5.73 Å². The maximum atomic E-state index is 12.1. The van der Waals surface area contributed by atoms with Crippen LogP contribution in [-0.2, 0) is 14.4 Å². The van der Waals surface area contributed by atoms with Gasteiger partial charge in [0.2, 0.25) is 17.7 Å². The lowest BCUT2D eigenvalue weighted by Gasteiger charge is -2.08. The molecular formula is C19H25N5O4S. The van der Waals surface area contributed by atoms with Gasteiger partial charge in [0.25, 0.3) is 0 Å². The fraction of sp³-hybridized carbons (Fsp3) is 0.368. The molecule has 0 bridgehead atoms. The molecule has 0 aliphatic heterocycles. The SMILES string of the molecule is NCC(=O)Nc1ccccc1-c1csc(NC(=O)CCCCCCC(=O)NO)n1. The quantitative estimate of drug-likeness (QED) is 0.215. The molecule has 0 spiro atoms. The zero-order valence-corrected chi connectivity index (χ0v) is 16.8. The van der Waals surface area contributed by atoms with E-state index < -0.39 is 5.91 Å². The predicted octanol–water partition coefficient (Wildman–Crippen LogP) is 2.49. The molecule has 29 heavy (non-hydrogen) atoms. The molecule has 0 saturated heterocycles. The van der Waals surface area contributed by atoms with Crippen molar-refractivity contribution in [3.8, 4) is 11.3 Å². The number of rotatable bonds is 11. The number of hydrogen-bond donors (Lipinski definition) is 5. The third-order valence-electron chi connectivity index (χ3n) is 4.10. The number of nitrogens with one attached hydrogen (secondary N) is 3. The summed E-state index contributed by atoms with van der Waals surface area (Å²) < 4.78 is 0. The first-order chi connectivity index (χ1) is 14.0. The topological polar surface area (TPSA) is 146 Å². The predicted molar refractivity (Wildman–Crippen MR) is 111 cm³/mol. The minimum absolute atomic E-state index is 0.110. The van der Waals surface area contributed by atoms with Gasteiger partial charge in [-0.2, -0.15) is 0 Å². The molecule has 0 fully saturated rings. The molecule has 1 aromatic heterocycles. The van der Waals surface area contributed by atoms with Crippen LogP contribution in [0.15, 0.2) is 29.6 Å². The van der Waals surface area contributed by atoms with E-state index in [9.17, 15) is 14.4 Å². The van der Waals surface area contributed by atoms with Gasteiger partial charge in [-0.05, 0) is 18.9 Å². The van der Waals surface area contributed by atoms with Crippen LogP contribution >= 0.6 is 11.3 Å². The zero-order valence-electron chi connectivity index (χ0n) is 15.9. The lowest BCUT2D eigenvalue weighted by molar-refractivity contribution is -0.129. The van der Waals surface area contributed by atoms with Crippen LogP contribution in [0.1, 0.15) is 38.5 Å². The van der Waals surface area contributed by atoms with Crippen molar-refractivity contribution in [1.82, 2.24) is 10.5 Å². The Balaban J connectivity index is 1.82. The largest absolute Gasteiger partial charge is 0.324 e. The van der Waals surface area contributed by atoms with Crippen LogP contribution in [0.4, 0.5) is 10.8 Å². The van der Waals surface area contributed by atoms with Crippen LogP contribution in [0.2, 0.25) is 0 Å². The second-order valence-corrected chi connectivity index (χ2v) is 7.19. The minimum atomic E-state index is -0.397. The fourth-order valence-electron chi connectivity index (χ4n) is 2.63. The number of benzene rings is 1. The number of para-hydroxylation sites is 1. The van der Waals surface area contributed by atoms with Crippen LogP contribution in [0.3, 0.4) is 0 Å². The Bertz CT molecular complexity index is 840. The second-order valence-electron chi connectivity index (χ2n) is 6.33. The number of carbonyl (C=O) groups is 3. The lowest BCUT2D eigenvalue weighted by atomic mass is 10.1. The van der Waals surface area contributed by atoms with Gasteiger partial charge in [0.15, 0.2) is 5.13 Å². The number of unbranched alkanes of at least 4 members (excludes halogenated alkanes) is 3. The van der Waals surface area contributed by atoms with E-state index in [0.29, 0.717) is 35.8 Å². The minimum Gasteiger partial charge on any atom is -0.324 e. The molecule has 2 aromatic rings. The summed E-state index contributed by atoms with van der Waals surface area (Å²) in [5.74, 6) is -0.812. The number of anilines is 2. The van der Waals surface area contributed by atoms with E-state index >= 15 is 0 Å². The van der Waals surface area contributed by atoms with E-state index in [1.54, 1.807) is 17.6 Å². The maximum Gasteiger partial charge on any atom is 0.243 e. The molecule has 0 saturated carbocycles. The third kappa shape index (κ3) is 7.60. The number of amides is 3. The van der Waals surface area contributed by atoms with Gasteiger partial charge in [0.05, 0.1) is 17.9 Å². The smallest absolute Gasteiger partial charge is 0.243 e. The van der Waals surface area contributed by atoms with Gasteiger partial charge in [-0.3, -0.25) is 19.6 Å². The molecule has 10 heteroatoms. The van der Waals surface area contributed by atoms with Crippen molar-refractivity contribution in [3.05, 3.63) is 29.6 Å². The van der Waals surface area contributed by atoms with E-state index in [1.807, 2.05) is 17.5 Å². The monoisotopic (exact) mass is 419 g/mol. The summed E-state index contributed by atoms with van der Waals surface area (Å²) >= 11 is 1.31. The molecule has 0 aliphatic rings. The van der Waals surface area contributed by atoms with Crippen LogP contribution in [-0.4, -0.2) is 34.5 Å². The second kappa shape index (κ2) is 11.9. The van der Waals surface area contributed by atoms with Crippen LogP contribution in [0.25, 0.3) is 11.3 Å². The molecule has 3 amide bonds. The highest BCUT2D eigenvalue weighted by Gasteiger charge is 2.12. The molecule has 156 valence electrons. The van der Waals surface area contributed by atoms with Crippen molar-refractivity contribution >= 4 is 39.9 Å². The molecular weight excluding hydrogens is 394 g/mol. The number of nitrogens with two attached hydrogens (primary N) is 1. The molecule has 0 aliphatic carbocycles. The van der Waals surface area contributed by atoms with Crippen LogP contribution in [0, 0.1) is 0 Å². The van der Waals surface area contributed by atoms with Gasteiger partial charge in [-0.1, -0.05) is 31.0 Å². The van der Waals surface area contributed by atoms with Crippen molar-refractivity contribution < 1.29 is 19.6 Å². The Kier molecular flexibility index (Phi) is 9.22. The van der Waals surface area contributed by atoms with Crippen molar-refractivity contribution in [2.75, 3.05) is 17.2 Å². The Morgan fingerprint density at radius 2 is 1.66 bits per heavy atom. The van der Waals surface area contributed by atoms with Crippen LogP contribution in [0.5, 0.6) is 0 Å². The summed E-state index contributed by atoms with van der Waals surface area (Å²) in [6.07, 6.45) is 3.65. The van der Waals surface area contributed by atoms with Gasteiger partial charge >= 0.3 is 0 Å². The molecule has 9 nitrogen and oxygen atoms in total. The Morgan fingerprint density at radius 3 is 2.34 bits per heavy atom. The molecule has 0 radical (unpaired) electrons. The number of aromatic nitrogens is 1. The number of nitrogens with zero attached hydrogens (tertiary/aromatic N) is 1. The van der Waals surface area contributed by atoms with E-state index in [-0.39, 0.29) is 24.8 Å². The average Bonchev–Trinajstić information content (AvgIpc) is 3.18. The number of thiazole rings is 1. The van der Waals surface area contributed by atoms with Crippen molar-refractivity contribution in [3.63, 3.8) is 0 Å². The molecule has 1 heterocycles. The van der Waals surface area contributed by atoms with Crippen LogP contribution < -0.4 is 21.8 Å². The summed E-state index contributed by atoms with van der Waals surface area (Å²) in [6.45, 7) is -0.110. The first-order valence-electron chi connectivity index (χ1n) is 9.31. The molecule has 0 unspecified atom stereocenters. The highest BCUT2D eigenvalue weighted by molar-refractivity contribution is 7.14. The van der Waals surface area contributed by atoms with E-state index in [2.05, 4.69) is 15.6 Å². The number of hydrogen-bond acceptors (Lipinski definition) is 7.